The van der Waals surface area contributed by atoms with Gasteiger partial charge in [0.05, 0.1) is 12.2 Å². The maximum atomic E-state index is 13.2. The van der Waals surface area contributed by atoms with Gasteiger partial charge in [-0.15, -0.1) is 0 Å². The van der Waals surface area contributed by atoms with Gasteiger partial charge in [0.15, 0.2) is 0 Å². The number of anilines is 1. The first-order valence-electron chi connectivity index (χ1n) is 10.8. The number of hydrogen-bond acceptors (Lipinski definition) is 3. The summed E-state index contributed by atoms with van der Waals surface area (Å²) in [5.74, 6) is 0.365. The van der Waals surface area contributed by atoms with Crippen LogP contribution in [0, 0.1) is 0 Å². The Hall–Kier alpha value is -3.54. The highest BCUT2D eigenvalue weighted by Crippen LogP contribution is 2.31. The van der Waals surface area contributed by atoms with Crippen molar-refractivity contribution in [3.05, 3.63) is 78.1 Å². The fourth-order valence-electron chi connectivity index (χ4n) is 4.42. The molecule has 31 heavy (non-hydrogen) atoms. The van der Waals surface area contributed by atoms with Gasteiger partial charge in [-0.05, 0) is 73.9 Å². The van der Waals surface area contributed by atoms with Crippen LogP contribution in [0.5, 0.6) is 5.75 Å². The van der Waals surface area contributed by atoms with E-state index in [9.17, 15) is 9.59 Å². The monoisotopic (exact) mass is 415 g/mol. The number of fused-ring (bicyclic) bond motifs is 2. The average molecular weight is 415 g/mol. The third kappa shape index (κ3) is 3.93. The SMILES string of the molecule is O=C(Nc1ccc2c(c1)C(=O)N1CCCC[C@H]1CCO2)c1ccc(-n2cccc2)cc1. The molecule has 6 heteroatoms. The Morgan fingerprint density at radius 3 is 2.61 bits per heavy atom. The van der Waals surface area contributed by atoms with Crippen molar-refractivity contribution < 1.29 is 14.3 Å². The Kier molecular flexibility index (Phi) is 5.20. The molecule has 2 aliphatic rings. The van der Waals surface area contributed by atoms with Crippen LogP contribution in [-0.4, -0.2) is 40.5 Å². The van der Waals surface area contributed by atoms with Gasteiger partial charge in [0.1, 0.15) is 5.75 Å². The Labute approximate surface area is 181 Å². The molecule has 158 valence electrons. The molecule has 3 heterocycles. The third-order valence-electron chi connectivity index (χ3n) is 6.10. The molecule has 1 N–H and O–H groups in total. The Morgan fingerprint density at radius 1 is 1.00 bits per heavy atom. The van der Waals surface area contributed by atoms with Gasteiger partial charge in [-0.1, -0.05) is 0 Å². The molecule has 0 radical (unpaired) electrons. The van der Waals surface area contributed by atoms with Crippen LogP contribution in [0.2, 0.25) is 0 Å². The summed E-state index contributed by atoms with van der Waals surface area (Å²) in [5.41, 5.74) is 2.65. The molecule has 0 aliphatic carbocycles. The highest BCUT2D eigenvalue weighted by Gasteiger charge is 2.31. The Bertz CT molecular complexity index is 1090. The molecule has 1 aromatic heterocycles. The molecule has 5 rings (SSSR count). The Balaban J connectivity index is 1.35. The molecule has 6 nitrogen and oxygen atoms in total. The van der Waals surface area contributed by atoms with Gasteiger partial charge in [0, 0.05) is 48.3 Å². The largest absolute Gasteiger partial charge is 0.493 e. The van der Waals surface area contributed by atoms with E-state index >= 15 is 0 Å². The van der Waals surface area contributed by atoms with Crippen LogP contribution in [0.15, 0.2) is 67.0 Å². The zero-order valence-corrected chi connectivity index (χ0v) is 17.3. The molecular weight excluding hydrogens is 390 g/mol. The molecular formula is C25H25N3O3. The minimum Gasteiger partial charge on any atom is -0.493 e. The number of carbonyl (C=O) groups excluding carboxylic acids is 2. The second-order valence-electron chi connectivity index (χ2n) is 8.09. The van der Waals surface area contributed by atoms with Gasteiger partial charge in [-0.25, -0.2) is 0 Å². The van der Waals surface area contributed by atoms with Gasteiger partial charge < -0.3 is 19.5 Å². The average Bonchev–Trinajstić information content (AvgIpc) is 3.34. The number of piperidine rings is 1. The summed E-state index contributed by atoms with van der Waals surface area (Å²) < 4.78 is 7.86. The van der Waals surface area contributed by atoms with Gasteiger partial charge in [-0.2, -0.15) is 0 Å². The van der Waals surface area contributed by atoms with Crippen LogP contribution in [0.25, 0.3) is 5.69 Å². The van der Waals surface area contributed by atoms with Crippen LogP contribution in [-0.2, 0) is 0 Å². The molecule has 2 amide bonds. The standard InChI is InChI=1S/C25H25N3O3/c29-24(18-6-9-20(10-7-18)27-13-3-4-14-27)26-19-8-11-23-22(17-19)25(30)28-15-2-1-5-21(28)12-16-31-23/h3-4,6-11,13-14,17,21H,1-2,5,12,15-16H2,(H,26,29)/t21-/m0/s1. The number of hydrogen-bond donors (Lipinski definition) is 1. The first kappa shape index (κ1) is 19.4. The van der Waals surface area contributed by atoms with Crippen LogP contribution < -0.4 is 10.1 Å². The van der Waals surface area contributed by atoms with E-state index in [1.165, 1.54) is 0 Å². The molecule has 1 saturated heterocycles. The maximum absolute atomic E-state index is 13.2. The zero-order valence-electron chi connectivity index (χ0n) is 17.3. The smallest absolute Gasteiger partial charge is 0.257 e. The van der Waals surface area contributed by atoms with Crippen molar-refractivity contribution >= 4 is 17.5 Å². The molecule has 2 aliphatic heterocycles. The fourth-order valence-corrected chi connectivity index (χ4v) is 4.42. The predicted molar refractivity (Wildman–Crippen MR) is 119 cm³/mol. The highest BCUT2D eigenvalue weighted by molar-refractivity contribution is 6.05. The summed E-state index contributed by atoms with van der Waals surface area (Å²) >= 11 is 0. The molecule has 3 aromatic rings. The number of aromatic nitrogens is 1. The maximum Gasteiger partial charge on any atom is 0.257 e. The van der Waals surface area contributed by atoms with E-state index in [2.05, 4.69) is 5.32 Å². The lowest BCUT2D eigenvalue weighted by Gasteiger charge is -2.37. The second kappa shape index (κ2) is 8.30. The summed E-state index contributed by atoms with van der Waals surface area (Å²) in [4.78, 5) is 28.0. The number of amides is 2. The van der Waals surface area contributed by atoms with Gasteiger partial charge in [0.25, 0.3) is 11.8 Å². The summed E-state index contributed by atoms with van der Waals surface area (Å²) in [6, 6.07) is 16.9. The van der Waals surface area contributed by atoms with Crippen LogP contribution in [0.1, 0.15) is 46.4 Å². The minimum absolute atomic E-state index is 0.00780. The van der Waals surface area contributed by atoms with Crippen molar-refractivity contribution in [3.8, 4) is 11.4 Å². The molecule has 0 saturated carbocycles. The second-order valence-corrected chi connectivity index (χ2v) is 8.09. The first-order valence-corrected chi connectivity index (χ1v) is 10.8. The summed E-state index contributed by atoms with van der Waals surface area (Å²) in [6.07, 6.45) is 7.99. The first-order chi connectivity index (χ1) is 15.2. The van der Waals surface area contributed by atoms with Crippen molar-refractivity contribution in [1.29, 1.82) is 0 Å². The lowest BCUT2D eigenvalue weighted by atomic mass is 9.97. The third-order valence-corrected chi connectivity index (χ3v) is 6.10. The number of rotatable bonds is 3. The lowest BCUT2D eigenvalue weighted by Crippen LogP contribution is -2.45. The highest BCUT2D eigenvalue weighted by atomic mass is 16.5. The van der Waals surface area contributed by atoms with E-state index in [1.807, 2.05) is 46.1 Å². The van der Waals surface area contributed by atoms with E-state index in [4.69, 9.17) is 4.74 Å². The van der Waals surface area contributed by atoms with Crippen LogP contribution in [0.3, 0.4) is 0 Å². The Morgan fingerprint density at radius 2 is 1.81 bits per heavy atom. The summed E-state index contributed by atoms with van der Waals surface area (Å²) in [7, 11) is 0. The lowest BCUT2D eigenvalue weighted by molar-refractivity contribution is 0.0548. The number of nitrogens with one attached hydrogen (secondary N) is 1. The number of ether oxygens (including phenoxy) is 1. The quantitative estimate of drug-likeness (QED) is 0.685. The van der Waals surface area contributed by atoms with E-state index in [1.54, 1.807) is 30.3 Å². The van der Waals surface area contributed by atoms with E-state index in [0.717, 1.165) is 37.9 Å². The molecule has 1 atom stereocenters. The van der Waals surface area contributed by atoms with Crippen molar-refractivity contribution in [3.63, 3.8) is 0 Å². The van der Waals surface area contributed by atoms with E-state index in [-0.39, 0.29) is 17.9 Å². The normalized spacial score (nSPS) is 18.3. The van der Waals surface area contributed by atoms with E-state index < -0.39 is 0 Å². The number of carbonyl (C=O) groups is 2. The van der Waals surface area contributed by atoms with Crippen molar-refractivity contribution in [2.75, 3.05) is 18.5 Å². The molecule has 0 unspecified atom stereocenters. The predicted octanol–water partition coefficient (Wildman–Crippen LogP) is 4.51. The number of benzene rings is 2. The zero-order chi connectivity index (χ0) is 21.2. The molecule has 1 fully saturated rings. The van der Waals surface area contributed by atoms with Gasteiger partial charge >= 0.3 is 0 Å². The van der Waals surface area contributed by atoms with Gasteiger partial charge in [0.2, 0.25) is 0 Å². The van der Waals surface area contributed by atoms with Crippen LogP contribution in [0.4, 0.5) is 5.69 Å². The van der Waals surface area contributed by atoms with Crippen molar-refractivity contribution in [2.24, 2.45) is 0 Å². The molecule has 0 bridgehead atoms. The van der Waals surface area contributed by atoms with E-state index in [0.29, 0.717) is 29.2 Å². The molecule has 2 aromatic carbocycles. The van der Waals surface area contributed by atoms with Crippen LogP contribution >= 0.6 is 0 Å². The molecule has 0 spiro atoms. The topological polar surface area (TPSA) is 63.6 Å². The van der Waals surface area contributed by atoms with Gasteiger partial charge in [-0.3, -0.25) is 9.59 Å². The van der Waals surface area contributed by atoms with Crippen molar-refractivity contribution in [1.82, 2.24) is 9.47 Å². The fraction of sp³-hybridized carbons (Fsp3) is 0.280. The summed E-state index contributed by atoms with van der Waals surface area (Å²) in [6.45, 7) is 1.38. The number of nitrogens with zero attached hydrogens (tertiary/aromatic N) is 2. The summed E-state index contributed by atoms with van der Waals surface area (Å²) in [5, 5.41) is 2.92. The van der Waals surface area contributed by atoms with Crippen molar-refractivity contribution in [2.45, 2.75) is 31.7 Å². The minimum atomic E-state index is -0.214.